The normalized spacial score (nSPS) is 11.6. The first kappa shape index (κ1) is 22.1. The maximum Gasteiger partial charge on any atom is 0.307 e. The Balaban J connectivity index is 1.83. The van der Waals surface area contributed by atoms with Crippen molar-refractivity contribution in [2.45, 2.75) is 46.6 Å². The molecule has 1 aromatic heterocycles. The molecule has 0 radical (unpaired) electrons. The predicted octanol–water partition coefficient (Wildman–Crippen LogP) is 2.97. The molecule has 8 nitrogen and oxygen atoms in total. The molecule has 0 bridgehead atoms. The van der Waals surface area contributed by atoms with Crippen molar-refractivity contribution in [1.29, 1.82) is 0 Å². The fourth-order valence-corrected chi connectivity index (χ4v) is 2.75. The van der Waals surface area contributed by atoms with Crippen LogP contribution in [0.3, 0.4) is 0 Å². The summed E-state index contributed by atoms with van der Waals surface area (Å²) in [6.45, 7) is 7.53. The van der Waals surface area contributed by atoms with Crippen LogP contribution in [-0.4, -0.2) is 40.2 Å². The topological polar surface area (TPSA) is 99.5 Å². The smallest absolute Gasteiger partial charge is 0.307 e. The number of ketones is 1. The molecule has 1 atom stereocenters. The van der Waals surface area contributed by atoms with E-state index in [9.17, 15) is 14.4 Å². The summed E-state index contributed by atoms with van der Waals surface area (Å²) < 4.78 is 12.2. The lowest BCUT2D eigenvalue weighted by atomic mass is 10.1. The van der Waals surface area contributed by atoms with Gasteiger partial charge in [0, 0.05) is 19.0 Å². The quantitative estimate of drug-likeness (QED) is 0.512. The molecule has 1 heterocycles. The summed E-state index contributed by atoms with van der Waals surface area (Å²) in [4.78, 5) is 36.6. The molecule has 0 aliphatic rings. The zero-order chi connectivity index (χ0) is 21.6. The van der Waals surface area contributed by atoms with Crippen LogP contribution in [0.1, 0.15) is 48.4 Å². The number of hydrogen-bond donors (Lipinski definition) is 1. The largest absolute Gasteiger partial charge is 0.494 e. The van der Waals surface area contributed by atoms with Crippen LogP contribution < -0.4 is 10.1 Å². The number of aromatic nitrogens is 2. The molecule has 8 heteroatoms. The first-order chi connectivity index (χ1) is 13.7. The third kappa shape index (κ3) is 5.91. The monoisotopic (exact) mass is 401 g/mol. The number of esters is 1. The number of benzene rings is 1. The Morgan fingerprint density at radius 1 is 1.14 bits per heavy atom. The van der Waals surface area contributed by atoms with E-state index >= 15 is 0 Å². The van der Waals surface area contributed by atoms with Crippen LogP contribution in [0.15, 0.2) is 24.3 Å². The second kappa shape index (κ2) is 9.86. The summed E-state index contributed by atoms with van der Waals surface area (Å²) in [5.74, 6) is -0.548. The van der Waals surface area contributed by atoms with Gasteiger partial charge >= 0.3 is 5.97 Å². The number of hydrogen-bond acceptors (Lipinski definition) is 6. The third-order valence-corrected chi connectivity index (χ3v) is 4.48. The van der Waals surface area contributed by atoms with Gasteiger partial charge in [-0.3, -0.25) is 19.1 Å². The van der Waals surface area contributed by atoms with Crippen molar-refractivity contribution in [3.05, 3.63) is 41.2 Å². The third-order valence-electron chi connectivity index (χ3n) is 4.48. The fraction of sp³-hybridized carbons (Fsp3) is 0.429. The Kier molecular flexibility index (Phi) is 7.52. The number of Topliss-reactive ketones (excluding diaryl/α,β-unsaturated/α-hetero) is 1. The van der Waals surface area contributed by atoms with Crippen LogP contribution >= 0.6 is 0 Å². The maximum absolute atomic E-state index is 12.3. The van der Waals surface area contributed by atoms with Crippen molar-refractivity contribution in [3.63, 3.8) is 0 Å². The summed E-state index contributed by atoms with van der Waals surface area (Å²) >= 11 is 0. The Bertz CT molecular complexity index is 886. The molecule has 0 unspecified atom stereocenters. The molecule has 0 aliphatic carbocycles. The van der Waals surface area contributed by atoms with E-state index in [1.807, 2.05) is 13.8 Å². The van der Waals surface area contributed by atoms with E-state index in [1.54, 1.807) is 42.9 Å². The van der Waals surface area contributed by atoms with Crippen molar-refractivity contribution in [3.8, 4) is 5.75 Å². The highest BCUT2D eigenvalue weighted by Crippen LogP contribution is 2.19. The van der Waals surface area contributed by atoms with E-state index < -0.39 is 18.0 Å². The van der Waals surface area contributed by atoms with Gasteiger partial charge in [-0.15, -0.1) is 0 Å². The minimum atomic E-state index is -0.984. The van der Waals surface area contributed by atoms with Gasteiger partial charge in [0.1, 0.15) is 5.75 Å². The molecular weight excluding hydrogens is 374 g/mol. The number of carbonyl (C=O) groups is 3. The second-order valence-electron chi connectivity index (χ2n) is 6.67. The molecule has 29 heavy (non-hydrogen) atoms. The van der Waals surface area contributed by atoms with E-state index in [0.717, 1.165) is 5.69 Å². The van der Waals surface area contributed by atoms with Crippen molar-refractivity contribution in [2.24, 2.45) is 7.05 Å². The summed E-state index contributed by atoms with van der Waals surface area (Å²) in [5, 5.41) is 6.96. The lowest BCUT2D eigenvalue weighted by molar-refractivity contribution is -0.153. The molecule has 2 aromatic rings. The Labute approximate surface area is 170 Å². The van der Waals surface area contributed by atoms with Crippen LogP contribution in [0.5, 0.6) is 5.75 Å². The average Bonchev–Trinajstić information content (AvgIpc) is 2.92. The van der Waals surface area contributed by atoms with Crippen LogP contribution in [0.25, 0.3) is 0 Å². The zero-order valence-electron chi connectivity index (χ0n) is 17.4. The molecule has 0 spiro atoms. The molecule has 1 amide bonds. The molecule has 1 N–H and O–H groups in total. The number of rotatable bonds is 9. The van der Waals surface area contributed by atoms with Crippen molar-refractivity contribution in [2.75, 3.05) is 11.9 Å². The van der Waals surface area contributed by atoms with E-state index in [0.29, 0.717) is 29.3 Å². The summed E-state index contributed by atoms with van der Waals surface area (Å²) in [7, 11) is 1.78. The Morgan fingerprint density at radius 3 is 2.34 bits per heavy atom. The second-order valence-corrected chi connectivity index (χ2v) is 6.67. The number of nitrogens with one attached hydrogen (secondary N) is 1. The number of amides is 1. The molecule has 156 valence electrons. The average molecular weight is 401 g/mol. The summed E-state index contributed by atoms with van der Waals surface area (Å²) in [6, 6.07) is 6.74. The van der Waals surface area contributed by atoms with Gasteiger partial charge < -0.3 is 14.8 Å². The van der Waals surface area contributed by atoms with Gasteiger partial charge in [0.2, 0.25) is 0 Å². The maximum atomic E-state index is 12.3. The molecule has 0 aliphatic heterocycles. The summed E-state index contributed by atoms with van der Waals surface area (Å²) in [6.07, 6.45) is -1.08. The van der Waals surface area contributed by atoms with Gasteiger partial charge in [-0.05, 0) is 52.0 Å². The van der Waals surface area contributed by atoms with Gasteiger partial charge in [-0.25, -0.2) is 0 Å². The van der Waals surface area contributed by atoms with Gasteiger partial charge in [0.15, 0.2) is 11.9 Å². The highest BCUT2D eigenvalue weighted by molar-refractivity contribution is 5.98. The molecular formula is C21H27N3O5. The lowest BCUT2D eigenvalue weighted by Gasteiger charge is -2.13. The predicted molar refractivity (Wildman–Crippen MR) is 108 cm³/mol. The highest BCUT2D eigenvalue weighted by atomic mass is 16.5. The van der Waals surface area contributed by atoms with Crippen molar-refractivity contribution >= 4 is 23.3 Å². The van der Waals surface area contributed by atoms with Gasteiger partial charge in [0.25, 0.3) is 5.91 Å². The number of nitrogens with zero attached hydrogens (tertiary/aromatic N) is 2. The first-order valence-electron chi connectivity index (χ1n) is 9.49. The van der Waals surface area contributed by atoms with E-state index in [1.165, 1.54) is 6.92 Å². The van der Waals surface area contributed by atoms with Crippen LogP contribution in [0, 0.1) is 13.8 Å². The first-order valence-corrected chi connectivity index (χ1v) is 9.49. The fourth-order valence-electron chi connectivity index (χ4n) is 2.75. The van der Waals surface area contributed by atoms with E-state index in [-0.39, 0.29) is 18.6 Å². The minimum Gasteiger partial charge on any atom is -0.494 e. The minimum absolute atomic E-state index is 0.00196. The molecule has 0 fully saturated rings. The number of carbonyl (C=O) groups excluding carboxylic acids is 3. The van der Waals surface area contributed by atoms with Crippen LogP contribution in [-0.2, 0) is 21.4 Å². The molecule has 0 saturated heterocycles. The summed E-state index contributed by atoms with van der Waals surface area (Å²) in [5.41, 5.74) is 2.58. The number of aryl methyl sites for hydroxylation is 2. The van der Waals surface area contributed by atoms with Crippen LogP contribution in [0.4, 0.5) is 5.69 Å². The van der Waals surface area contributed by atoms with Crippen LogP contribution in [0.2, 0.25) is 0 Å². The molecule has 0 saturated carbocycles. The highest BCUT2D eigenvalue weighted by Gasteiger charge is 2.21. The zero-order valence-corrected chi connectivity index (χ0v) is 17.4. The Morgan fingerprint density at radius 2 is 1.79 bits per heavy atom. The number of ether oxygens (including phenoxy) is 2. The van der Waals surface area contributed by atoms with E-state index in [4.69, 9.17) is 9.47 Å². The number of anilines is 1. The van der Waals surface area contributed by atoms with E-state index in [2.05, 4.69) is 10.4 Å². The van der Waals surface area contributed by atoms with Gasteiger partial charge in [-0.1, -0.05) is 0 Å². The molecule has 1 aromatic carbocycles. The van der Waals surface area contributed by atoms with Crippen molar-refractivity contribution in [1.82, 2.24) is 9.78 Å². The van der Waals surface area contributed by atoms with Gasteiger partial charge in [-0.2, -0.15) is 5.10 Å². The lowest BCUT2D eigenvalue weighted by Crippen LogP contribution is -2.30. The Hall–Kier alpha value is -3.16. The van der Waals surface area contributed by atoms with Gasteiger partial charge in [0.05, 0.1) is 30.1 Å². The van der Waals surface area contributed by atoms with Crippen molar-refractivity contribution < 1.29 is 23.9 Å². The molecule has 2 rings (SSSR count). The SMILES string of the molecule is CCOc1ccc(C(=O)CCC(=O)O[C@H](C)C(=O)Nc2c(C)nn(C)c2C)cc1. The standard InChI is InChI=1S/C21H27N3O5/c1-6-28-17-9-7-16(8-10-17)18(25)11-12-19(26)29-15(4)21(27)22-20-13(2)23-24(5)14(20)3/h7-10,15H,6,11-12H2,1-5H3,(H,22,27)/t15-/m1/s1.